The monoisotopic (exact) mass is 271 g/mol. The van der Waals surface area contributed by atoms with Crippen LogP contribution in [0, 0.1) is 0 Å². The third kappa shape index (κ3) is 3.55. The van der Waals surface area contributed by atoms with Crippen molar-refractivity contribution in [1.82, 2.24) is 14.5 Å². The molecule has 1 saturated heterocycles. The quantitative estimate of drug-likeness (QED) is 0.806. The topological polar surface area (TPSA) is 55.2 Å². The maximum absolute atomic E-state index is 11.5. The second-order valence-corrected chi connectivity index (χ2v) is 6.84. The molecule has 2 rings (SSSR count). The molecule has 0 saturated carbocycles. The molecule has 1 aromatic rings. The number of sulfone groups is 1. The highest BCUT2D eigenvalue weighted by Crippen LogP contribution is 2.10. The summed E-state index contributed by atoms with van der Waals surface area (Å²) in [7, 11) is -3.21. The van der Waals surface area contributed by atoms with Crippen LogP contribution in [0.25, 0.3) is 0 Å². The Bertz CT molecular complexity index is 475. The fourth-order valence-electron chi connectivity index (χ4n) is 2.44. The van der Waals surface area contributed by atoms with Gasteiger partial charge >= 0.3 is 0 Å². The molecule has 0 bridgehead atoms. The Morgan fingerprint density at radius 2 is 1.94 bits per heavy atom. The van der Waals surface area contributed by atoms with Crippen molar-refractivity contribution in [3.63, 3.8) is 0 Å². The van der Waals surface area contributed by atoms with Crippen LogP contribution in [0.15, 0.2) is 17.6 Å². The largest absolute Gasteiger partial charge is 0.322 e. The van der Waals surface area contributed by atoms with Crippen molar-refractivity contribution < 1.29 is 8.42 Å². The van der Waals surface area contributed by atoms with Gasteiger partial charge in [-0.05, 0) is 38.9 Å². The first-order valence-corrected chi connectivity index (χ1v) is 8.40. The lowest BCUT2D eigenvalue weighted by Gasteiger charge is -2.26. The van der Waals surface area contributed by atoms with Crippen LogP contribution < -0.4 is 0 Å². The Morgan fingerprint density at radius 3 is 2.61 bits per heavy atom. The molecule has 0 spiro atoms. The van der Waals surface area contributed by atoms with Crippen LogP contribution in [0.2, 0.25) is 0 Å². The van der Waals surface area contributed by atoms with E-state index in [0.29, 0.717) is 0 Å². The molecule has 6 heteroatoms. The van der Waals surface area contributed by atoms with Crippen LogP contribution in [0.5, 0.6) is 0 Å². The van der Waals surface area contributed by atoms with E-state index in [-0.39, 0.29) is 5.16 Å². The fraction of sp³-hybridized carbons (Fsp3) is 0.750. The first-order chi connectivity index (χ1) is 8.57. The van der Waals surface area contributed by atoms with E-state index < -0.39 is 9.84 Å². The highest BCUT2D eigenvalue weighted by Gasteiger charge is 2.15. The van der Waals surface area contributed by atoms with E-state index in [2.05, 4.69) is 9.88 Å². The van der Waals surface area contributed by atoms with Crippen molar-refractivity contribution in [2.45, 2.75) is 37.4 Å². The maximum atomic E-state index is 11.5. The molecular weight excluding hydrogens is 250 g/mol. The van der Waals surface area contributed by atoms with E-state index >= 15 is 0 Å². The van der Waals surface area contributed by atoms with Gasteiger partial charge in [0, 0.05) is 25.2 Å². The molecule has 1 fully saturated rings. The summed E-state index contributed by atoms with van der Waals surface area (Å²) in [4.78, 5) is 6.37. The van der Waals surface area contributed by atoms with Crippen LogP contribution in [-0.2, 0) is 16.4 Å². The van der Waals surface area contributed by atoms with Gasteiger partial charge in [0.1, 0.15) is 0 Å². The normalized spacial score (nSPS) is 18.1. The van der Waals surface area contributed by atoms with Crippen LogP contribution >= 0.6 is 0 Å². The minimum Gasteiger partial charge on any atom is -0.322 e. The van der Waals surface area contributed by atoms with Crippen molar-refractivity contribution in [2.75, 3.05) is 25.9 Å². The van der Waals surface area contributed by atoms with E-state index in [1.807, 2.05) is 0 Å². The van der Waals surface area contributed by atoms with Gasteiger partial charge in [0.15, 0.2) is 0 Å². The van der Waals surface area contributed by atoms with E-state index in [1.54, 1.807) is 17.0 Å². The van der Waals surface area contributed by atoms with Gasteiger partial charge in [0.2, 0.25) is 15.0 Å². The molecule has 1 aliphatic rings. The first kappa shape index (κ1) is 13.5. The van der Waals surface area contributed by atoms with E-state index in [0.717, 1.165) is 19.5 Å². The smallest absolute Gasteiger partial charge is 0.227 e. The lowest BCUT2D eigenvalue weighted by Crippen LogP contribution is -2.31. The lowest BCUT2D eigenvalue weighted by atomic mass is 10.1. The molecule has 0 unspecified atom stereocenters. The summed E-state index contributed by atoms with van der Waals surface area (Å²) < 4.78 is 24.7. The summed E-state index contributed by atoms with van der Waals surface area (Å²) in [5.74, 6) is 0. The van der Waals surface area contributed by atoms with E-state index in [4.69, 9.17) is 0 Å². The van der Waals surface area contributed by atoms with Crippen LogP contribution in [0.4, 0.5) is 0 Å². The van der Waals surface area contributed by atoms with E-state index in [1.165, 1.54) is 38.6 Å². The van der Waals surface area contributed by atoms with Crippen molar-refractivity contribution >= 4 is 9.84 Å². The third-order valence-corrected chi connectivity index (χ3v) is 4.33. The molecular formula is C12H21N3O2S. The van der Waals surface area contributed by atoms with Crippen LogP contribution in [0.3, 0.4) is 0 Å². The molecule has 0 radical (unpaired) electrons. The zero-order valence-corrected chi connectivity index (χ0v) is 11.7. The van der Waals surface area contributed by atoms with E-state index in [9.17, 15) is 8.42 Å². The number of imidazole rings is 1. The average Bonchev–Trinajstić information content (AvgIpc) is 2.78. The Kier molecular flexibility index (Phi) is 4.40. The van der Waals surface area contributed by atoms with Crippen molar-refractivity contribution in [3.05, 3.63) is 12.4 Å². The summed E-state index contributed by atoms with van der Waals surface area (Å²) >= 11 is 0. The summed E-state index contributed by atoms with van der Waals surface area (Å²) in [6, 6.07) is 0. The molecule has 1 aromatic heterocycles. The molecule has 2 heterocycles. The average molecular weight is 271 g/mol. The number of rotatable bonds is 5. The second kappa shape index (κ2) is 5.84. The predicted molar refractivity (Wildman–Crippen MR) is 70.2 cm³/mol. The van der Waals surface area contributed by atoms with Gasteiger partial charge in [-0.1, -0.05) is 6.42 Å². The second-order valence-electron chi connectivity index (χ2n) is 4.93. The number of piperidine rings is 1. The summed E-state index contributed by atoms with van der Waals surface area (Å²) in [6.07, 6.45) is 9.40. The zero-order valence-electron chi connectivity index (χ0n) is 10.9. The van der Waals surface area contributed by atoms with Crippen molar-refractivity contribution in [3.8, 4) is 0 Å². The molecule has 0 atom stereocenters. The molecule has 0 aromatic carbocycles. The Hall–Kier alpha value is -0.880. The van der Waals surface area contributed by atoms with Gasteiger partial charge in [-0.15, -0.1) is 0 Å². The van der Waals surface area contributed by atoms with Crippen molar-refractivity contribution in [1.29, 1.82) is 0 Å². The Balaban J connectivity index is 1.85. The number of likely N-dealkylation sites (tertiary alicyclic amines) is 1. The van der Waals surface area contributed by atoms with Crippen molar-refractivity contribution in [2.24, 2.45) is 0 Å². The van der Waals surface area contributed by atoms with Gasteiger partial charge in [-0.25, -0.2) is 13.4 Å². The molecule has 102 valence electrons. The third-order valence-electron chi connectivity index (χ3n) is 3.33. The fourth-order valence-corrected chi connectivity index (χ4v) is 3.27. The maximum Gasteiger partial charge on any atom is 0.227 e. The molecule has 0 N–H and O–H groups in total. The van der Waals surface area contributed by atoms with Gasteiger partial charge in [-0.3, -0.25) is 0 Å². The van der Waals surface area contributed by atoms with Gasteiger partial charge in [0.25, 0.3) is 0 Å². The molecule has 0 aliphatic carbocycles. The predicted octanol–water partition coefficient (Wildman–Crippen LogP) is 1.16. The molecule has 5 nitrogen and oxygen atoms in total. The minimum atomic E-state index is -3.21. The zero-order chi connectivity index (χ0) is 13.0. The van der Waals surface area contributed by atoms with Gasteiger partial charge in [0.05, 0.1) is 0 Å². The first-order valence-electron chi connectivity index (χ1n) is 6.51. The summed E-state index contributed by atoms with van der Waals surface area (Å²) in [5, 5.41) is 0.182. The SMILES string of the molecule is CS(=O)(=O)c1nccn1CCCN1CCCCC1. The summed E-state index contributed by atoms with van der Waals surface area (Å²) in [5.41, 5.74) is 0. The molecule has 18 heavy (non-hydrogen) atoms. The van der Waals surface area contributed by atoms with Crippen LogP contribution in [0.1, 0.15) is 25.7 Å². The lowest BCUT2D eigenvalue weighted by molar-refractivity contribution is 0.222. The number of aryl methyl sites for hydroxylation is 1. The number of hydrogen-bond donors (Lipinski definition) is 0. The van der Waals surface area contributed by atoms with Gasteiger partial charge in [-0.2, -0.15) is 0 Å². The highest BCUT2D eigenvalue weighted by molar-refractivity contribution is 7.90. The summed E-state index contributed by atoms with van der Waals surface area (Å²) in [6.45, 7) is 4.13. The standard InChI is InChI=1S/C12H21N3O2S/c1-18(16,17)12-13-6-11-15(12)10-5-9-14-7-3-2-4-8-14/h6,11H,2-5,7-10H2,1H3. The molecule has 1 aliphatic heterocycles. The number of hydrogen-bond acceptors (Lipinski definition) is 4. The number of aromatic nitrogens is 2. The van der Waals surface area contributed by atoms with Gasteiger partial charge < -0.3 is 9.47 Å². The molecule has 0 amide bonds. The number of nitrogens with zero attached hydrogens (tertiary/aromatic N) is 3. The highest BCUT2D eigenvalue weighted by atomic mass is 32.2. The van der Waals surface area contributed by atoms with Crippen LogP contribution in [-0.4, -0.2) is 48.8 Å². The minimum absolute atomic E-state index is 0.182. The Labute approximate surface area is 109 Å². The Morgan fingerprint density at radius 1 is 1.22 bits per heavy atom.